The number of hydrogen-bond donors (Lipinski definition) is 1. The van der Waals surface area contributed by atoms with Crippen molar-refractivity contribution in [1.29, 1.82) is 0 Å². The molecule has 0 amide bonds. The third-order valence-corrected chi connectivity index (χ3v) is 5.83. The zero-order valence-corrected chi connectivity index (χ0v) is 14.0. The maximum Gasteiger partial charge on any atom is 0.244 e. The molecule has 1 aliphatic carbocycles. The second-order valence-corrected chi connectivity index (χ2v) is 7.53. The van der Waals surface area contributed by atoms with Crippen LogP contribution in [0.25, 0.3) is 0 Å². The summed E-state index contributed by atoms with van der Waals surface area (Å²) in [4.78, 5) is 0.187. The number of fused-ring (bicyclic) bond motifs is 1. The molecule has 0 saturated heterocycles. The lowest BCUT2D eigenvalue weighted by molar-refractivity contribution is 0.402. The molecule has 3 rings (SSSR count). The Hall–Kier alpha value is -1.85. The Bertz CT molecular complexity index is 786. The van der Waals surface area contributed by atoms with E-state index in [0.29, 0.717) is 12.3 Å². The maximum atomic E-state index is 12.6. The predicted octanol–water partition coefficient (Wildman–Crippen LogP) is 3.09. The predicted molar refractivity (Wildman–Crippen MR) is 90.3 cm³/mol. The Labute approximate surface area is 137 Å². The minimum absolute atomic E-state index is 0.187. The Morgan fingerprint density at radius 1 is 1.13 bits per heavy atom. The highest BCUT2D eigenvalue weighted by atomic mass is 32.2. The van der Waals surface area contributed by atoms with Gasteiger partial charge >= 0.3 is 0 Å². The molecule has 0 spiro atoms. The third kappa shape index (κ3) is 3.41. The van der Waals surface area contributed by atoms with E-state index in [-0.39, 0.29) is 10.8 Å². The average Bonchev–Trinajstić information content (AvgIpc) is 2.60. The Morgan fingerprint density at radius 3 is 2.70 bits per heavy atom. The van der Waals surface area contributed by atoms with Crippen molar-refractivity contribution in [2.45, 2.75) is 30.1 Å². The van der Waals surface area contributed by atoms with Crippen LogP contribution < -0.4 is 9.46 Å². The van der Waals surface area contributed by atoms with Crippen molar-refractivity contribution >= 4 is 10.0 Å². The van der Waals surface area contributed by atoms with Gasteiger partial charge in [0.15, 0.2) is 0 Å². The monoisotopic (exact) mass is 331 g/mol. The highest BCUT2D eigenvalue weighted by Gasteiger charge is 2.24. The first-order chi connectivity index (χ1) is 11.1. The van der Waals surface area contributed by atoms with Crippen molar-refractivity contribution in [3.63, 3.8) is 0 Å². The van der Waals surface area contributed by atoms with Crippen LogP contribution in [0, 0.1) is 0 Å². The van der Waals surface area contributed by atoms with Crippen molar-refractivity contribution in [1.82, 2.24) is 4.72 Å². The second kappa shape index (κ2) is 6.72. The van der Waals surface area contributed by atoms with E-state index in [1.54, 1.807) is 24.3 Å². The standard InChI is InChI=1S/C18H21NO3S/c1-22-17-11-4-5-12-18(17)23(20,21)19-13-15-9-6-8-14-7-2-3-10-16(14)15/h2-5,7,10-12,15,19H,6,8-9,13H2,1H3. The van der Waals surface area contributed by atoms with Crippen molar-refractivity contribution in [2.24, 2.45) is 0 Å². The zero-order chi connectivity index (χ0) is 16.3. The summed E-state index contributed by atoms with van der Waals surface area (Å²) in [7, 11) is -2.10. The topological polar surface area (TPSA) is 55.4 Å². The van der Waals surface area contributed by atoms with Crippen LogP contribution in [-0.2, 0) is 16.4 Å². The molecule has 1 atom stereocenters. The second-order valence-electron chi connectivity index (χ2n) is 5.79. The summed E-state index contributed by atoms with van der Waals surface area (Å²) in [6.07, 6.45) is 3.18. The maximum absolute atomic E-state index is 12.6. The van der Waals surface area contributed by atoms with Crippen LogP contribution in [0.5, 0.6) is 5.75 Å². The van der Waals surface area contributed by atoms with Gasteiger partial charge in [-0.1, -0.05) is 36.4 Å². The molecule has 0 aliphatic heterocycles. The van der Waals surface area contributed by atoms with Gasteiger partial charge in [0.2, 0.25) is 10.0 Å². The molecule has 0 heterocycles. The first-order valence-corrected chi connectivity index (χ1v) is 9.30. The van der Waals surface area contributed by atoms with Gasteiger partial charge < -0.3 is 4.74 Å². The normalized spacial score (nSPS) is 17.5. The lowest BCUT2D eigenvalue weighted by Crippen LogP contribution is -2.30. The molecule has 1 aliphatic rings. The van der Waals surface area contributed by atoms with E-state index in [2.05, 4.69) is 16.9 Å². The number of rotatable bonds is 5. The van der Waals surface area contributed by atoms with Gasteiger partial charge in [0.1, 0.15) is 10.6 Å². The van der Waals surface area contributed by atoms with Gasteiger partial charge in [-0.25, -0.2) is 13.1 Å². The number of aryl methyl sites for hydroxylation is 1. The zero-order valence-electron chi connectivity index (χ0n) is 13.2. The van der Waals surface area contributed by atoms with Crippen molar-refractivity contribution in [3.8, 4) is 5.75 Å². The number of para-hydroxylation sites is 1. The average molecular weight is 331 g/mol. The lowest BCUT2D eigenvalue weighted by atomic mass is 9.83. The van der Waals surface area contributed by atoms with E-state index in [9.17, 15) is 8.42 Å². The summed E-state index contributed by atoms with van der Waals surface area (Å²) in [5, 5.41) is 0. The van der Waals surface area contributed by atoms with E-state index in [1.807, 2.05) is 12.1 Å². The lowest BCUT2D eigenvalue weighted by Gasteiger charge is -2.25. The molecule has 0 saturated carbocycles. The molecule has 122 valence electrons. The summed E-state index contributed by atoms with van der Waals surface area (Å²) in [6, 6.07) is 15.0. The minimum Gasteiger partial charge on any atom is -0.495 e. The van der Waals surface area contributed by atoms with Gasteiger partial charge in [0.25, 0.3) is 0 Å². The fourth-order valence-corrected chi connectivity index (χ4v) is 4.45. The van der Waals surface area contributed by atoms with E-state index < -0.39 is 10.0 Å². The molecule has 23 heavy (non-hydrogen) atoms. The van der Waals surface area contributed by atoms with Crippen LogP contribution in [0.4, 0.5) is 0 Å². The number of benzene rings is 2. The molecular weight excluding hydrogens is 310 g/mol. The van der Waals surface area contributed by atoms with Gasteiger partial charge in [0, 0.05) is 6.54 Å². The van der Waals surface area contributed by atoms with Crippen molar-refractivity contribution in [2.75, 3.05) is 13.7 Å². The van der Waals surface area contributed by atoms with Crippen LogP contribution in [0.15, 0.2) is 53.4 Å². The summed E-state index contributed by atoms with van der Waals surface area (Å²) < 4.78 is 33.1. The Balaban J connectivity index is 1.78. The summed E-state index contributed by atoms with van der Waals surface area (Å²) in [6.45, 7) is 0.414. The largest absolute Gasteiger partial charge is 0.495 e. The molecule has 4 nitrogen and oxygen atoms in total. The molecule has 2 aromatic carbocycles. The van der Waals surface area contributed by atoms with Crippen molar-refractivity contribution in [3.05, 3.63) is 59.7 Å². The molecule has 5 heteroatoms. The van der Waals surface area contributed by atoms with Crippen LogP contribution in [-0.4, -0.2) is 22.1 Å². The van der Waals surface area contributed by atoms with E-state index >= 15 is 0 Å². The van der Waals surface area contributed by atoms with Gasteiger partial charge in [-0.15, -0.1) is 0 Å². The number of sulfonamides is 1. The molecule has 0 radical (unpaired) electrons. The number of ether oxygens (including phenoxy) is 1. The Kier molecular flexibility index (Phi) is 4.68. The van der Waals surface area contributed by atoms with Gasteiger partial charge in [0.05, 0.1) is 7.11 Å². The molecule has 0 fully saturated rings. The van der Waals surface area contributed by atoms with Crippen LogP contribution in [0.3, 0.4) is 0 Å². The minimum atomic E-state index is -3.58. The van der Waals surface area contributed by atoms with Crippen LogP contribution in [0.1, 0.15) is 29.9 Å². The van der Waals surface area contributed by atoms with E-state index in [1.165, 1.54) is 18.2 Å². The van der Waals surface area contributed by atoms with Crippen molar-refractivity contribution < 1.29 is 13.2 Å². The fourth-order valence-electron chi connectivity index (χ4n) is 3.20. The third-order valence-electron chi connectivity index (χ3n) is 4.37. The van der Waals surface area contributed by atoms with Gasteiger partial charge in [-0.3, -0.25) is 0 Å². The first kappa shape index (κ1) is 16.0. The summed E-state index contributed by atoms with van der Waals surface area (Å²) in [5.41, 5.74) is 2.60. The van der Waals surface area contributed by atoms with E-state index in [4.69, 9.17) is 4.74 Å². The smallest absolute Gasteiger partial charge is 0.244 e. The molecule has 1 N–H and O–H groups in total. The highest BCUT2D eigenvalue weighted by Crippen LogP contribution is 2.31. The summed E-state index contributed by atoms with van der Waals surface area (Å²) >= 11 is 0. The molecule has 2 aromatic rings. The fraction of sp³-hybridized carbons (Fsp3) is 0.333. The number of methoxy groups -OCH3 is 1. The Morgan fingerprint density at radius 2 is 1.87 bits per heavy atom. The first-order valence-electron chi connectivity index (χ1n) is 7.82. The highest BCUT2D eigenvalue weighted by molar-refractivity contribution is 7.89. The quantitative estimate of drug-likeness (QED) is 0.916. The SMILES string of the molecule is COc1ccccc1S(=O)(=O)NCC1CCCc2ccccc21. The number of nitrogens with one attached hydrogen (secondary N) is 1. The molecule has 0 aromatic heterocycles. The molecular formula is C18H21NO3S. The van der Waals surface area contributed by atoms with Gasteiger partial charge in [-0.2, -0.15) is 0 Å². The molecule has 1 unspecified atom stereocenters. The number of hydrogen-bond acceptors (Lipinski definition) is 3. The van der Waals surface area contributed by atoms with Crippen LogP contribution >= 0.6 is 0 Å². The summed E-state index contributed by atoms with van der Waals surface area (Å²) in [5.74, 6) is 0.591. The van der Waals surface area contributed by atoms with Gasteiger partial charge in [-0.05, 0) is 48.4 Å². The van der Waals surface area contributed by atoms with Crippen LogP contribution in [0.2, 0.25) is 0 Å². The van der Waals surface area contributed by atoms with E-state index in [0.717, 1.165) is 19.3 Å². The molecule has 0 bridgehead atoms.